The van der Waals surface area contributed by atoms with E-state index in [2.05, 4.69) is 79.8 Å². The number of fused-ring (bicyclic) bond motifs is 2. The number of nitrogens with one attached hydrogen (secondary N) is 1. The van der Waals surface area contributed by atoms with Crippen LogP contribution < -0.4 is 10.1 Å². The number of ether oxygens (including phenoxy) is 1. The Morgan fingerprint density at radius 2 is 1.79 bits per heavy atom. The second-order valence-electron chi connectivity index (χ2n) is 8.75. The molecule has 3 aromatic rings. The minimum Gasteiger partial charge on any atom is -0.487 e. The lowest BCUT2D eigenvalue weighted by molar-refractivity contribution is 0.0351. The molecule has 1 heterocycles. The van der Waals surface area contributed by atoms with Crippen molar-refractivity contribution in [3.8, 4) is 5.75 Å². The predicted molar refractivity (Wildman–Crippen MR) is 116 cm³/mol. The zero-order valence-electron chi connectivity index (χ0n) is 16.9. The van der Waals surface area contributed by atoms with Crippen LogP contribution in [0.4, 0.5) is 0 Å². The molecular weight excluding hydrogens is 342 g/mol. The van der Waals surface area contributed by atoms with Gasteiger partial charge >= 0.3 is 0 Å². The van der Waals surface area contributed by atoms with Crippen LogP contribution in [0.1, 0.15) is 67.8 Å². The van der Waals surface area contributed by atoms with Crippen molar-refractivity contribution in [1.82, 2.24) is 5.32 Å². The fraction of sp³-hybridized carbons (Fsp3) is 0.385. The Morgan fingerprint density at radius 1 is 1.00 bits per heavy atom. The molecule has 2 nitrogen and oxygen atoms in total. The molecule has 1 fully saturated rings. The normalized spacial score (nSPS) is 21.4. The summed E-state index contributed by atoms with van der Waals surface area (Å²) in [6.07, 6.45) is 6.00. The SMILES string of the molecule is Cc1ccc2c(c1)OC1(CCCC1)C[C@H]2NC(C)c1cccc2ccccc12. The van der Waals surface area contributed by atoms with E-state index in [1.807, 2.05) is 0 Å². The van der Waals surface area contributed by atoms with Gasteiger partial charge < -0.3 is 10.1 Å². The summed E-state index contributed by atoms with van der Waals surface area (Å²) in [6.45, 7) is 4.45. The molecule has 1 unspecified atom stereocenters. The summed E-state index contributed by atoms with van der Waals surface area (Å²) in [4.78, 5) is 0. The molecule has 3 aromatic carbocycles. The van der Waals surface area contributed by atoms with E-state index in [1.54, 1.807) is 0 Å². The first-order chi connectivity index (χ1) is 13.6. The van der Waals surface area contributed by atoms with E-state index in [1.165, 1.54) is 53.1 Å². The van der Waals surface area contributed by atoms with Gasteiger partial charge in [-0.05, 0) is 67.5 Å². The third-order valence-electron chi connectivity index (χ3n) is 6.70. The van der Waals surface area contributed by atoms with Crippen LogP contribution in [-0.4, -0.2) is 5.60 Å². The van der Waals surface area contributed by atoms with E-state index < -0.39 is 0 Å². The van der Waals surface area contributed by atoms with E-state index in [9.17, 15) is 0 Å². The Labute approximate surface area is 167 Å². The van der Waals surface area contributed by atoms with E-state index >= 15 is 0 Å². The third kappa shape index (κ3) is 3.10. The van der Waals surface area contributed by atoms with Crippen molar-refractivity contribution in [2.45, 2.75) is 63.6 Å². The maximum atomic E-state index is 6.61. The molecule has 144 valence electrons. The zero-order chi connectivity index (χ0) is 19.1. The van der Waals surface area contributed by atoms with Gasteiger partial charge in [-0.3, -0.25) is 0 Å². The predicted octanol–water partition coefficient (Wildman–Crippen LogP) is 6.64. The number of benzene rings is 3. The Bertz CT molecular complexity index is 997. The van der Waals surface area contributed by atoms with Crippen LogP contribution >= 0.6 is 0 Å². The highest BCUT2D eigenvalue weighted by Crippen LogP contribution is 2.48. The summed E-state index contributed by atoms with van der Waals surface area (Å²) in [5, 5.41) is 6.63. The van der Waals surface area contributed by atoms with Crippen molar-refractivity contribution in [2.75, 3.05) is 0 Å². The van der Waals surface area contributed by atoms with Gasteiger partial charge in [0.2, 0.25) is 0 Å². The largest absolute Gasteiger partial charge is 0.487 e. The van der Waals surface area contributed by atoms with Crippen LogP contribution in [0.25, 0.3) is 10.8 Å². The monoisotopic (exact) mass is 371 g/mol. The van der Waals surface area contributed by atoms with Crippen LogP contribution in [0.2, 0.25) is 0 Å². The Hall–Kier alpha value is -2.32. The average Bonchev–Trinajstić information content (AvgIpc) is 3.14. The van der Waals surface area contributed by atoms with Crippen LogP contribution in [-0.2, 0) is 0 Å². The minimum atomic E-state index is 0.0247. The fourth-order valence-electron chi connectivity index (χ4n) is 5.27. The maximum absolute atomic E-state index is 6.61. The molecule has 2 atom stereocenters. The molecule has 1 aliphatic heterocycles. The third-order valence-corrected chi connectivity index (χ3v) is 6.70. The van der Waals surface area contributed by atoms with Gasteiger partial charge in [-0.1, -0.05) is 54.6 Å². The van der Waals surface area contributed by atoms with Gasteiger partial charge in [-0.25, -0.2) is 0 Å². The molecule has 2 heteroatoms. The van der Waals surface area contributed by atoms with Crippen molar-refractivity contribution in [2.24, 2.45) is 0 Å². The van der Waals surface area contributed by atoms with Crippen molar-refractivity contribution < 1.29 is 4.74 Å². The van der Waals surface area contributed by atoms with Gasteiger partial charge in [-0.2, -0.15) is 0 Å². The van der Waals surface area contributed by atoms with Crippen LogP contribution in [0.15, 0.2) is 60.7 Å². The highest BCUT2D eigenvalue weighted by molar-refractivity contribution is 5.86. The number of hydrogen-bond donors (Lipinski definition) is 1. The van der Waals surface area contributed by atoms with Crippen molar-refractivity contribution in [3.05, 3.63) is 77.4 Å². The summed E-state index contributed by atoms with van der Waals surface area (Å²) >= 11 is 0. The maximum Gasteiger partial charge on any atom is 0.125 e. The Balaban J connectivity index is 1.49. The molecule has 2 aliphatic rings. The topological polar surface area (TPSA) is 21.3 Å². The van der Waals surface area contributed by atoms with E-state index in [4.69, 9.17) is 4.74 Å². The highest BCUT2D eigenvalue weighted by atomic mass is 16.5. The number of hydrogen-bond acceptors (Lipinski definition) is 2. The standard InChI is InChI=1S/C26H29NO/c1-18-12-13-23-24(17-26(14-5-6-15-26)28-25(23)16-18)27-19(2)21-11-7-9-20-8-3-4-10-22(20)21/h3-4,7-13,16,19,24,27H,5-6,14-15,17H2,1-2H3/t19?,24-/m1/s1. The van der Waals surface area contributed by atoms with Gasteiger partial charge in [0.25, 0.3) is 0 Å². The summed E-state index contributed by atoms with van der Waals surface area (Å²) < 4.78 is 6.61. The first kappa shape index (κ1) is 17.8. The lowest BCUT2D eigenvalue weighted by Crippen LogP contribution is -2.42. The molecular formula is C26H29NO. The van der Waals surface area contributed by atoms with Gasteiger partial charge in [0, 0.05) is 24.1 Å². The lowest BCUT2D eigenvalue weighted by atomic mass is 9.85. The molecule has 1 saturated carbocycles. The number of aryl methyl sites for hydroxylation is 1. The van der Waals surface area contributed by atoms with Gasteiger partial charge in [0.05, 0.1) is 0 Å². The first-order valence-corrected chi connectivity index (χ1v) is 10.7. The second-order valence-corrected chi connectivity index (χ2v) is 8.75. The first-order valence-electron chi connectivity index (χ1n) is 10.7. The molecule has 0 saturated heterocycles. The Kier molecular flexibility index (Phi) is 4.40. The molecule has 5 rings (SSSR count). The number of rotatable bonds is 3. The minimum absolute atomic E-state index is 0.0247. The lowest BCUT2D eigenvalue weighted by Gasteiger charge is -2.41. The smallest absolute Gasteiger partial charge is 0.125 e. The molecule has 0 aromatic heterocycles. The van der Waals surface area contributed by atoms with Crippen molar-refractivity contribution in [3.63, 3.8) is 0 Å². The molecule has 0 bridgehead atoms. The summed E-state index contributed by atoms with van der Waals surface area (Å²) in [7, 11) is 0. The highest BCUT2D eigenvalue weighted by Gasteiger charge is 2.43. The van der Waals surface area contributed by atoms with E-state index in [0.717, 1.165) is 12.2 Å². The van der Waals surface area contributed by atoms with E-state index in [0.29, 0.717) is 6.04 Å². The second kappa shape index (κ2) is 6.93. The van der Waals surface area contributed by atoms with Gasteiger partial charge in [0.1, 0.15) is 11.4 Å². The van der Waals surface area contributed by atoms with Gasteiger partial charge in [0.15, 0.2) is 0 Å². The Morgan fingerprint density at radius 3 is 2.64 bits per heavy atom. The van der Waals surface area contributed by atoms with Crippen LogP contribution in [0.3, 0.4) is 0 Å². The molecule has 0 radical (unpaired) electrons. The zero-order valence-corrected chi connectivity index (χ0v) is 16.9. The van der Waals surface area contributed by atoms with Gasteiger partial charge in [-0.15, -0.1) is 0 Å². The van der Waals surface area contributed by atoms with E-state index in [-0.39, 0.29) is 11.6 Å². The summed E-state index contributed by atoms with van der Waals surface area (Å²) in [5.74, 6) is 1.09. The van der Waals surface area contributed by atoms with Crippen LogP contribution in [0.5, 0.6) is 5.75 Å². The van der Waals surface area contributed by atoms with Crippen molar-refractivity contribution >= 4 is 10.8 Å². The van der Waals surface area contributed by atoms with Crippen molar-refractivity contribution in [1.29, 1.82) is 0 Å². The molecule has 1 spiro atoms. The summed E-state index contributed by atoms with van der Waals surface area (Å²) in [5.41, 5.74) is 3.99. The molecule has 28 heavy (non-hydrogen) atoms. The van der Waals surface area contributed by atoms with Crippen LogP contribution in [0, 0.1) is 6.92 Å². The molecule has 1 aliphatic carbocycles. The molecule has 0 amide bonds. The summed E-state index contributed by atoms with van der Waals surface area (Å²) in [6, 6.07) is 22.6. The fourth-order valence-corrected chi connectivity index (χ4v) is 5.27. The molecule has 1 N–H and O–H groups in total. The quantitative estimate of drug-likeness (QED) is 0.557. The average molecular weight is 372 g/mol.